The van der Waals surface area contributed by atoms with Crippen molar-refractivity contribution in [2.45, 2.75) is 32.3 Å². The smallest absolute Gasteiger partial charge is 0.280 e. The molecule has 0 aliphatic carbocycles. The van der Waals surface area contributed by atoms with E-state index in [1.807, 2.05) is 13.8 Å². The van der Waals surface area contributed by atoms with E-state index >= 15 is 0 Å². The number of nitrogens with one attached hydrogen (secondary N) is 2. The van der Waals surface area contributed by atoms with Crippen LogP contribution in [0.3, 0.4) is 0 Å². The Bertz CT molecular complexity index is 817. The lowest BCUT2D eigenvalue weighted by atomic mass is 10.0. The van der Waals surface area contributed by atoms with E-state index in [-0.39, 0.29) is 11.8 Å². The van der Waals surface area contributed by atoms with Crippen molar-refractivity contribution in [3.63, 3.8) is 0 Å². The number of carbonyl (C=O) groups excluding carboxylic acids is 2. The summed E-state index contributed by atoms with van der Waals surface area (Å²) in [5, 5.41) is 9.45. The lowest BCUT2D eigenvalue weighted by molar-refractivity contribution is -0.143. The Kier molecular flexibility index (Phi) is 3.96. The van der Waals surface area contributed by atoms with Gasteiger partial charge >= 0.3 is 0 Å². The average molecular weight is 350 g/mol. The summed E-state index contributed by atoms with van der Waals surface area (Å²) in [5.74, 6) is -0.591. The summed E-state index contributed by atoms with van der Waals surface area (Å²) < 4.78 is 10.7. The molecule has 2 amide bonds. The minimum Gasteiger partial charge on any atom is -0.466 e. The molecule has 2 aromatic rings. The van der Waals surface area contributed by atoms with Gasteiger partial charge in [0.1, 0.15) is 5.75 Å². The van der Waals surface area contributed by atoms with Gasteiger partial charge in [-0.2, -0.15) is 0 Å². The van der Waals surface area contributed by atoms with Gasteiger partial charge in [-0.15, -0.1) is 0 Å². The molecular formula is C16H16ClN3O4. The molecule has 1 aliphatic rings. The highest BCUT2D eigenvalue weighted by atomic mass is 35.5. The van der Waals surface area contributed by atoms with Crippen molar-refractivity contribution >= 4 is 35.0 Å². The van der Waals surface area contributed by atoms with Gasteiger partial charge in [0.2, 0.25) is 5.88 Å². The molecule has 2 N–H and O–H groups in total. The highest BCUT2D eigenvalue weighted by molar-refractivity contribution is 6.31. The number of rotatable bonds is 3. The molecule has 2 heterocycles. The SMILES string of the molecule is CC(C)c1cc(NC(=O)C2(C)Oc3ccc(Cl)cc3NC2=O)on1. The number of halogens is 1. The largest absolute Gasteiger partial charge is 0.466 e. The molecule has 0 bridgehead atoms. The number of ether oxygens (including phenoxy) is 1. The zero-order valence-corrected chi connectivity index (χ0v) is 14.1. The summed E-state index contributed by atoms with van der Waals surface area (Å²) in [6, 6.07) is 6.37. The third-order valence-corrected chi connectivity index (χ3v) is 3.96. The van der Waals surface area contributed by atoms with Gasteiger partial charge in [0, 0.05) is 11.1 Å². The maximum Gasteiger partial charge on any atom is 0.280 e. The summed E-state index contributed by atoms with van der Waals surface area (Å²) in [6.07, 6.45) is 0. The van der Waals surface area contributed by atoms with Crippen molar-refractivity contribution in [1.29, 1.82) is 0 Å². The molecule has 0 radical (unpaired) electrons. The quantitative estimate of drug-likeness (QED) is 0.830. The van der Waals surface area contributed by atoms with Gasteiger partial charge in [-0.3, -0.25) is 14.9 Å². The second kappa shape index (κ2) is 5.83. The van der Waals surface area contributed by atoms with Crippen LogP contribution in [0.2, 0.25) is 5.02 Å². The lowest BCUT2D eigenvalue weighted by Crippen LogP contribution is -2.56. The average Bonchev–Trinajstić information content (AvgIpc) is 2.97. The molecule has 1 aliphatic heterocycles. The fourth-order valence-electron chi connectivity index (χ4n) is 2.20. The van der Waals surface area contributed by atoms with Crippen molar-refractivity contribution in [3.8, 4) is 5.75 Å². The lowest BCUT2D eigenvalue weighted by Gasteiger charge is -2.32. The molecule has 0 fully saturated rings. The van der Waals surface area contributed by atoms with Crippen LogP contribution in [-0.2, 0) is 9.59 Å². The number of hydrogen-bond acceptors (Lipinski definition) is 5. The second-order valence-corrected chi connectivity index (χ2v) is 6.39. The first kappa shape index (κ1) is 16.3. The number of anilines is 2. The first-order valence-electron chi connectivity index (χ1n) is 7.37. The van der Waals surface area contributed by atoms with Crippen LogP contribution < -0.4 is 15.4 Å². The van der Waals surface area contributed by atoms with Crippen LogP contribution in [0.15, 0.2) is 28.8 Å². The summed E-state index contributed by atoms with van der Waals surface area (Å²) in [6.45, 7) is 5.28. The van der Waals surface area contributed by atoms with Crippen molar-refractivity contribution in [2.75, 3.05) is 10.6 Å². The minimum atomic E-state index is -1.74. The molecule has 3 rings (SSSR count). The van der Waals surface area contributed by atoms with E-state index in [1.165, 1.54) is 6.92 Å². The summed E-state index contributed by atoms with van der Waals surface area (Å²) in [5.41, 5.74) is -0.630. The monoisotopic (exact) mass is 349 g/mol. The Morgan fingerprint density at radius 1 is 1.38 bits per heavy atom. The van der Waals surface area contributed by atoms with E-state index in [0.29, 0.717) is 22.2 Å². The predicted molar refractivity (Wildman–Crippen MR) is 88.3 cm³/mol. The first-order valence-corrected chi connectivity index (χ1v) is 7.75. The van der Waals surface area contributed by atoms with Gasteiger partial charge in [-0.05, 0) is 31.0 Å². The van der Waals surface area contributed by atoms with Crippen molar-refractivity contribution in [3.05, 3.63) is 35.0 Å². The molecule has 1 aromatic carbocycles. The Morgan fingerprint density at radius 3 is 2.79 bits per heavy atom. The predicted octanol–water partition coefficient (Wildman–Crippen LogP) is 3.18. The van der Waals surface area contributed by atoms with Crippen LogP contribution in [-0.4, -0.2) is 22.6 Å². The molecular weight excluding hydrogens is 334 g/mol. The van der Waals surface area contributed by atoms with Gasteiger partial charge in [0.15, 0.2) is 0 Å². The highest BCUT2D eigenvalue weighted by Crippen LogP contribution is 2.36. The number of carbonyl (C=O) groups is 2. The summed E-state index contributed by atoms with van der Waals surface area (Å²) in [7, 11) is 0. The van der Waals surface area contributed by atoms with E-state index in [9.17, 15) is 9.59 Å². The zero-order valence-electron chi connectivity index (χ0n) is 13.3. The number of fused-ring (bicyclic) bond motifs is 1. The molecule has 8 heteroatoms. The molecule has 0 spiro atoms. The fraction of sp³-hybridized carbons (Fsp3) is 0.312. The summed E-state index contributed by atoms with van der Waals surface area (Å²) >= 11 is 5.89. The van der Waals surface area contributed by atoms with E-state index in [4.69, 9.17) is 20.9 Å². The van der Waals surface area contributed by atoms with Crippen molar-refractivity contribution in [2.24, 2.45) is 0 Å². The number of amides is 2. The standard InChI is InChI=1S/C16H16ClN3O4/c1-8(2)10-7-13(24-20-10)19-15(22)16(3)14(21)18-11-6-9(17)4-5-12(11)23-16/h4-8H,1-3H3,(H,18,21)(H,19,22). The van der Waals surface area contributed by atoms with E-state index < -0.39 is 17.4 Å². The maximum absolute atomic E-state index is 12.5. The van der Waals surface area contributed by atoms with Crippen LogP contribution in [0.25, 0.3) is 0 Å². The van der Waals surface area contributed by atoms with Crippen LogP contribution >= 0.6 is 11.6 Å². The summed E-state index contributed by atoms with van der Waals surface area (Å²) in [4.78, 5) is 24.9. The molecule has 0 saturated heterocycles. The van der Waals surface area contributed by atoms with E-state index in [2.05, 4.69) is 15.8 Å². The number of benzene rings is 1. The van der Waals surface area contributed by atoms with Gasteiger partial charge in [-0.1, -0.05) is 30.6 Å². The first-order chi connectivity index (χ1) is 11.3. The van der Waals surface area contributed by atoms with Gasteiger partial charge in [0.25, 0.3) is 17.4 Å². The number of nitrogens with zero attached hydrogens (tertiary/aromatic N) is 1. The third kappa shape index (κ3) is 2.82. The molecule has 1 unspecified atom stereocenters. The highest BCUT2D eigenvalue weighted by Gasteiger charge is 2.47. The zero-order chi connectivity index (χ0) is 17.5. The van der Waals surface area contributed by atoms with Gasteiger partial charge < -0.3 is 14.6 Å². The second-order valence-electron chi connectivity index (χ2n) is 5.95. The van der Waals surface area contributed by atoms with E-state index in [1.54, 1.807) is 24.3 Å². The fourth-order valence-corrected chi connectivity index (χ4v) is 2.37. The Balaban J connectivity index is 1.82. The normalized spacial score (nSPS) is 19.5. The van der Waals surface area contributed by atoms with Crippen LogP contribution in [0.1, 0.15) is 32.4 Å². The minimum absolute atomic E-state index is 0.154. The number of hydrogen-bond donors (Lipinski definition) is 2. The Labute approximate surface area is 143 Å². The van der Waals surface area contributed by atoms with E-state index in [0.717, 1.165) is 0 Å². The molecule has 7 nitrogen and oxygen atoms in total. The van der Waals surface area contributed by atoms with Crippen LogP contribution in [0.5, 0.6) is 5.75 Å². The molecule has 0 saturated carbocycles. The maximum atomic E-state index is 12.5. The van der Waals surface area contributed by atoms with Gasteiger partial charge in [0.05, 0.1) is 11.4 Å². The third-order valence-electron chi connectivity index (χ3n) is 3.73. The van der Waals surface area contributed by atoms with Crippen molar-refractivity contribution in [1.82, 2.24) is 5.16 Å². The van der Waals surface area contributed by atoms with Crippen molar-refractivity contribution < 1.29 is 18.8 Å². The molecule has 1 aromatic heterocycles. The molecule has 1 atom stereocenters. The van der Waals surface area contributed by atoms with Crippen LogP contribution in [0, 0.1) is 0 Å². The molecule has 24 heavy (non-hydrogen) atoms. The Morgan fingerprint density at radius 2 is 2.12 bits per heavy atom. The van der Waals surface area contributed by atoms with Gasteiger partial charge in [-0.25, -0.2) is 0 Å². The number of aromatic nitrogens is 1. The Hall–Kier alpha value is -2.54. The topological polar surface area (TPSA) is 93.5 Å². The van der Waals surface area contributed by atoms with Crippen LogP contribution in [0.4, 0.5) is 11.6 Å². The molecule has 126 valence electrons.